The molecule has 13 heavy (non-hydrogen) atoms. The third kappa shape index (κ3) is 1.26. The quantitative estimate of drug-likeness (QED) is 0.706. The molecule has 0 fully saturated rings. The van der Waals surface area contributed by atoms with E-state index in [2.05, 4.69) is 15.1 Å². The van der Waals surface area contributed by atoms with Crippen LogP contribution in [0.15, 0.2) is 18.7 Å². The van der Waals surface area contributed by atoms with Crippen molar-refractivity contribution >= 4 is 5.95 Å². The van der Waals surface area contributed by atoms with E-state index in [-0.39, 0.29) is 5.95 Å². The second-order valence-corrected chi connectivity index (χ2v) is 2.56. The zero-order chi connectivity index (χ0) is 9.26. The Labute approximate surface area is 75.0 Å². The second kappa shape index (κ2) is 2.89. The first-order valence-electron chi connectivity index (χ1n) is 4.00. The molecule has 2 heterocycles. The van der Waals surface area contributed by atoms with Gasteiger partial charge in [-0.2, -0.15) is 4.68 Å². The van der Waals surface area contributed by atoms with E-state index in [4.69, 9.17) is 5.73 Å². The summed E-state index contributed by atoms with van der Waals surface area (Å²) >= 11 is 0. The summed E-state index contributed by atoms with van der Waals surface area (Å²) in [6, 6.07) is 0. The second-order valence-electron chi connectivity index (χ2n) is 2.56. The fraction of sp³-hybridized carbons (Fsp3) is 0.286. The van der Waals surface area contributed by atoms with Crippen molar-refractivity contribution in [2.45, 2.75) is 13.5 Å². The average Bonchev–Trinajstić information content (AvgIpc) is 2.71. The molecule has 6 heteroatoms. The van der Waals surface area contributed by atoms with Crippen LogP contribution in [0.3, 0.4) is 0 Å². The van der Waals surface area contributed by atoms with E-state index in [1.807, 2.05) is 17.7 Å². The van der Waals surface area contributed by atoms with Crippen molar-refractivity contribution in [2.24, 2.45) is 0 Å². The van der Waals surface area contributed by atoms with Crippen LogP contribution in [0.1, 0.15) is 6.92 Å². The van der Waals surface area contributed by atoms with Crippen LogP contribution in [0, 0.1) is 0 Å². The van der Waals surface area contributed by atoms with Crippen LogP contribution in [0.4, 0.5) is 5.95 Å². The average molecular weight is 178 g/mol. The SMILES string of the molecule is CCn1ccnc1-n1cnc(N)n1. The highest BCUT2D eigenvalue weighted by atomic mass is 15.4. The fourth-order valence-electron chi connectivity index (χ4n) is 1.13. The predicted molar refractivity (Wildman–Crippen MR) is 47.2 cm³/mol. The van der Waals surface area contributed by atoms with E-state index in [0.29, 0.717) is 0 Å². The monoisotopic (exact) mass is 178 g/mol. The minimum atomic E-state index is 0.255. The van der Waals surface area contributed by atoms with E-state index >= 15 is 0 Å². The van der Waals surface area contributed by atoms with Crippen molar-refractivity contribution in [1.29, 1.82) is 0 Å². The number of hydrogen-bond donors (Lipinski definition) is 1. The molecule has 0 atom stereocenters. The molecule has 2 N–H and O–H groups in total. The van der Waals surface area contributed by atoms with Gasteiger partial charge in [0.15, 0.2) is 0 Å². The molecule has 2 rings (SSSR count). The highest BCUT2D eigenvalue weighted by Gasteiger charge is 2.04. The number of nitrogens with zero attached hydrogens (tertiary/aromatic N) is 5. The maximum Gasteiger partial charge on any atom is 0.239 e. The number of hydrogen-bond acceptors (Lipinski definition) is 4. The first kappa shape index (κ1) is 7.78. The number of anilines is 1. The molecule has 2 aromatic heterocycles. The predicted octanol–water partition coefficient (Wildman–Crippen LogP) is 0.0659. The van der Waals surface area contributed by atoms with Gasteiger partial charge in [-0.25, -0.2) is 9.97 Å². The normalized spacial score (nSPS) is 10.5. The number of nitrogen functional groups attached to an aromatic ring is 1. The van der Waals surface area contributed by atoms with Crippen LogP contribution in [0.5, 0.6) is 0 Å². The molecular weight excluding hydrogens is 168 g/mol. The molecule has 0 saturated heterocycles. The van der Waals surface area contributed by atoms with Gasteiger partial charge >= 0.3 is 0 Å². The smallest absolute Gasteiger partial charge is 0.239 e. The van der Waals surface area contributed by atoms with Crippen molar-refractivity contribution in [2.75, 3.05) is 5.73 Å². The summed E-state index contributed by atoms with van der Waals surface area (Å²) in [6.07, 6.45) is 5.15. The van der Waals surface area contributed by atoms with Gasteiger partial charge in [0.25, 0.3) is 0 Å². The molecule has 0 saturated carbocycles. The first-order chi connectivity index (χ1) is 6.31. The van der Waals surface area contributed by atoms with Crippen molar-refractivity contribution < 1.29 is 0 Å². The Morgan fingerprint density at radius 3 is 2.92 bits per heavy atom. The molecule has 0 bridgehead atoms. The molecule has 6 nitrogen and oxygen atoms in total. The standard InChI is InChI=1S/C7H10N6/c1-2-12-4-3-9-7(12)13-5-10-6(8)11-13/h3-5H,2H2,1H3,(H2,8,11). The Morgan fingerprint density at radius 1 is 1.46 bits per heavy atom. The Kier molecular flexibility index (Phi) is 1.73. The van der Waals surface area contributed by atoms with Crippen molar-refractivity contribution in [3.63, 3.8) is 0 Å². The molecule has 68 valence electrons. The van der Waals surface area contributed by atoms with Gasteiger partial charge in [-0.05, 0) is 6.92 Å². The molecule has 0 radical (unpaired) electrons. The van der Waals surface area contributed by atoms with Crippen LogP contribution < -0.4 is 5.73 Å². The molecule has 0 amide bonds. The highest BCUT2D eigenvalue weighted by molar-refractivity contribution is 5.17. The number of nitrogens with two attached hydrogens (primary N) is 1. The lowest BCUT2D eigenvalue weighted by atomic mass is 10.7. The van der Waals surface area contributed by atoms with Gasteiger partial charge in [-0.3, -0.25) is 0 Å². The van der Waals surface area contributed by atoms with Gasteiger partial charge in [-0.15, -0.1) is 5.10 Å². The van der Waals surface area contributed by atoms with E-state index < -0.39 is 0 Å². The number of imidazole rings is 1. The Bertz CT molecular complexity index is 401. The largest absolute Gasteiger partial charge is 0.366 e. The third-order valence-corrected chi connectivity index (χ3v) is 1.75. The highest BCUT2D eigenvalue weighted by Crippen LogP contribution is 2.03. The zero-order valence-electron chi connectivity index (χ0n) is 7.25. The summed E-state index contributed by atoms with van der Waals surface area (Å²) in [5, 5.41) is 3.96. The first-order valence-corrected chi connectivity index (χ1v) is 4.00. The fourth-order valence-corrected chi connectivity index (χ4v) is 1.13. The number of rotatable bonds is 2. The summed E-state index contributed by atoms with van der Waals surface area (Å²) in [5.41, 5.74) is 5.40. The lowest BCUT2D eigenvalue weighted by Crippen LogP contribution is -2.05. The van der Waals surface area contributed by atoms with Gasteiger partial charge in [0.05, 0.1) is 0 Å². The molecule has 0 aliphatic heterocycles. The minimum Gasteiger partial charge on any atom is -0.366 e. The number of aromatic nitrogens is 5. The topological polar surface area (TPSA) is 74.5 Å². The van der Waals surface area contributed by atoms with Gasteiger partial charge in [0.1, 0.15) is 6.33 Å². The van der Waals surface area contributed by atoms with Crippen molar-refractivity contribution in [3.05, 3.63) is 18.7 Å². The van der Waals surface area contributed by atoms with Crippen LogP contribution in [0.2, 0.25) is 0 Å². The van der Waals surface area contributed by atoms with Gasteiger partial charge in [-0.1, -0.05) is 0 Å². The van der Waals surface area contributed by atoms with Gasteiger partial charge in [0, 0.05) is 18.9 Å². The summed E-state index contributed by atoms with van der Waals surface area (Å²) in [6.45, 7) is 2.88. The van der Waals surface area contributed by atoms with Crippen LogP contribution in [-0.4, -0.2) is 24.3 Å². The van der Waals surface area contributed by atoms with E-state index in [9.17, 15) is 0 Å². The molecular formula is C7H10N6. The van der Waals surface area contributed by atoms with E-state index in [0.717, 1.165) is 12.5 Å². The summed E-state index contributed by atoms with van der Waals surface area (Å²) in [4.78, 5) is 7.96. The van der Waals surface area contributed by atoms with Gasteiger partial charge in [0.2, 0.25) is 11.9 Å². The Balaban J connectivity index is 2.45. The van der Waals surface area contributed by atoms with E-state index in [1.54, 1.807) is 17.2 Å². The lowest BCUT2D eigenvalue weighted by Gasteiger charge is -2.01. The van der Waals surface area contributed by atoms with Crippen LogP contribution >= 0.6 is 0 Å². The van der Waals surface area contributed by atoms with E-state index in [1.165, 1.54) is 0 Å². The van der Waals surface area contributed by atoms with Crippen LogP contribution in [-0.2, 0) is 6.54 Å². The minimum absolute atomic E-state index is 0.255. The molecule has 0 aliphatic carbocycles. The maximum atomic E-state index is 5.40. The molecule has 0 aromatic carbocycles. The molecule has 0 aliphatic rings. The molecule has 0 spiro atoms. The lowest BCUT2D eigenvalue weighted by molar-refractivity contribution is 0.686. The van der Waals surface area contributed by atoms with Gasteiger partial charge < -0.3 is 10.3 Å². The van der Waals surface area contributed by atoms with Crippen LogP contribution in [0.25, 0.3) is 5.95 Å². The Morgan fingerprint density at radius 2 is 2.31 bits per heavy atom. The van der Waals surface area contributed by atoms with Crippen molar-refractivity contribution in [1.82, 2.24) is 24.3 Å². The summed E-state index contributed by atoms with van der Waals surface area (Å²) in [5.74, 6) is 0.984. The summed E-state index contributed by atoms with van der Waals surface area (Å²) in [7, 11) is 0. The molecule has 0 unspecified atom stereocenters. The van der Waals surface area contributed by atoms with Crippen molar-refractivity contribution in [3.8, 4) is 5.95 Å². The Hall–Kier alpha value is -1.85. The maximum absolute atomic E-state index is 5.40. The number of aryl methyl sites for hydroxylation is 1. The third-order valence-electron chi connectivity index (χ3n) is 1.75. The summed E-state index contributed by atoms with van der Waals surface area (Å²) < 4.78 is 3.51. The molecule has 2 aromatic rings. The zero-order valence-corrected chi connectivity index (χ0v) is 7.25.